The fourth-order valence-corrected chi connectivity index (χ4v) is 2.20. The topological polar surface area (TPSA) is 39.1 Å². The fourth-order valence-electron chi connectivity index (χ4n) is 2.20. The van der Waals surface area contributed by atoms with Gasteiger partial charge < -0.3 is 10.1 Å². The second-order valence-corrected chi connectivity index (χ2v) is 5.10. The fraction of sp³-hybridized carbons (Fsp3) is 0.750. The maximum Gasteiger partial charge on any atom is 0.0779 e. The SMILES string of the molecule is CNCc1ccn(CC2CCC(C)(C)O2)n1. The van der Waals surface area contributed by atoms with Crippen molar-refractivity contribution in [3.63, 3.8) is 0 Å². The van der Waals surface area contributed by atoms with Gasteiger partial charge in [0, 0.05) is 12.7 Å². The van der Waals surface area contributed by atoms with Crippen molar-refractivity contribution in [3.05, 3.63) is 18.0 Å². The van der Waals surface area contributed by atoms with E-state index in [-0.39, 0.29) is 5.60 Å². The Morgan fingerprint density at radius 2 is 2.44 bits per heavy atom. The smallest absolute Gasteiger partial charge is 0.0779 e. The Morgan fingerprint density at radius 1 is 1.62 bits per heavy atom. The first kappa shape index (κ1) is 11.6. The summed E-state index contributed by atoms with van der Waals surface area (Å²) in [4.78, 5) is 0. The summed E-state index contributed by atoms with van der Waals surface area (Å²) in [6.45, 7) is 6.00. The van der Waals surface area contributed by atoms with Crippen LogP contribution in [0.3, 0.4) is 0 Å². The van der Waals surface area contributed by atoms with Gasteiger partial charge in [-0.2, -0.15) is 5.10 Å². The summed E-state index contributed by atoms with van der Waals surface area (Å²) in [6, 6.07) is 2.05. The lowest BCUT2D eigenvalue weighted by Gasteiger charge is -2.19. The molecule has 1 unspecified atom stereocenters. The molecule has 1 N–H and O–H groups in total. The average molecular weight is 223 g/mol. The standard InChI is InChI=1S/C12H21N3O/c1-12(2)6-4-11(16-12)9-15-7-5-10(14-15)8-13-3/h5,7,11,13H,4,6,8-9H2,1-3H3. The zero-order valence-corrected chi connectivity index (χ0v) is 10.4. The molecule has 0 saturated carbocycles. The molecule has 0 aliphatic carbocycles. The lowest BCUT2D eigenvalue weighted by atomic mass is 10.1. The molecule has 16 heavy (non-hydrogen) atoms. The van der Waals surface area contributed by atoms with Gasteiger partial charge in [0.05, 0.1) is 23.9 Å². The van der Waals surface area contributed by atoms with Gasteiger partial charge in [-0.1, -0.05) is 0 Å². The van der Waals surface area contributed by atoms with E-state index in [0.29, 0.717) is 6.10 Å². The molecule has 1 saturated heterocycles. The molecule has 90 valence electrons. The first-order valence-corrected chi connectivity index (χ1v) is 5.94. The highest BCUT2D eigenvalue weighted by Gasteiger charge is 2.31. The van der Waals surface area contributed by atoms with Crippen molar-refractivity contribution in [2.75, 3.05) is 7.05 Å². The predicted octanol–water partition coefficient (Wildman–Crippen LogP) is 1.56. The van der Waals surface area contributed by atoms with Crippen LogP contribution in [0.4, 0.5) is 0 Å². The number of hydrogen-bond acceptors (Lipinski definition) is 3. The van der Waals surface area contributed by atoms with Crippen molar-refractivity contribution >= 4 is 0 Å². The highest BCUT2D eigenvalue weighted by molar-refractivity contribution is 4.98. The molecule has 1 aromatic rings. The van der Waals surface area contributed by atoms with E-state index in [2.05, 4.69) is 30.3 Å². The molecule has 1 aromatic heterocycles. The molecule has 0 radical (unpaired) electrons. The van der Waals surface area contributed by atoms with E-state index < -0.39 is 0 Å². The van der Waals surface area contributed by atoms with Gasteiger partial charge in [0.25, 0.3) is 0 Å². The molecule has 0 aromatic carbocycles. The minimum absolute atomic E-state index is 0.0472. The molecule has 2 rings (SSSR count). The van der Waals surface area contributed by atoms with Crippen LogP contribution in [0.25, 0.3) is 0 Å². The summed E-state index contributed by atoms with van der Waals surface area (Å²) >= 11 is 0. The summed E-state index contributed by atoms with van der Waals surface area (Å²) < 4.78 is 7.93. The third kappa shape index (κ3) is 2.83. The van der Waals surface area contributed by atoms with Crippen LogP contribution in [-0.2, 0) is 17.8 Å². The molecule has 1 atom stereocenters. The van der Waals surface area contributed by atoms with Gasteiger partial charge in [0.1, 0.15) is 0 Å². The Balaban J connectivity index is 1.89. The molecule has 1 aliphatic rings. The van der Waals surface area contributed by atoms with Crippen LogP contribution < -0.4 is 5.32 Å². The second-order valence-electron chi connectivity index (χ2n) is 5.10. The third-order valence-electron chi connectivity index (χ3n) is 3.00. The largest absolute Gasteiger partial charge is 0.370 e. The van der Waals surface area contributed by atoms with E-state index in [0.717, 1.165) is 31.6 Å². The summed E-state index contributed by atoms with van der Waals surface area (Å²) in [5, 5.41) is 7.58. The Hall–Kier alpha value is -0.870. The minimum Gasteiger partial charge on any atom is -0.370 e. The third-order valence-corrected chi connectivity index (χ3v) is 3.00. The quantitative estimate of drug-likeness (QED) is 0.842. The van der Waals surface area contributed by atoms with E-state index in [1.54, 1.807) is 0 Å². The van der Waals surface area contributed by atoms with Gasteiger partial charge in [0.15, 0.2) is 0 Å². The summed E-state index contributed by atoms with van der Waals surface area (Å²) in [5.41, 5.74) is 1.13. The summed E-state index contributed by atoms with van der Waals surface area (Å²) in [6.07, 6.45) is 4.62. The Kier molecular flexibility index (Phi) is 3.30. The highest BCUT2D eigenvalue weighted by atomic mass is 16.5. The molecule has 1 fully saturated rings. The summed E-state index contributed by atoms with van der Waals surface area (Å²) in [5.74, 6) is 0. The molecule has 4 nitrogen and oxygen atoms in total. The number of nitrogens with zero attached hydrogens (tertiary/aromatic N) is 2. The molecular formula is C12H21N3O. The highest BCUT2D eigenvalue weighted by Crippen LogP contribution is 2.29. The van der Waals surface area contributed by atoms with Gasteiger partial charge >= 0.3 is 0 Å². The van der Waals surface area contributed by atoms with Crippen LogP contribution in [0.2, 0.25) is 0 Å². The Bertz CT molecular complexity index is 346. The molecule has 0 amide bonds. The van der Waals surface area contributed by atoms with Crippen LogP contribution in [0, 0.1) is 0 Å². The Morgan fingerprint density at radius 3 is 3.06 bits per heavy atom. The molecule has 4 heteroatoms. The van der Waals surface area contributed by atoms with Crippen molar-refractivity contribution in [2.24, 2.45) is 0 Å². The monoisotopic (exact) mass is 223 g/mol. The molecule has 0 bridgehead atoms. The van der Waals surface area contributed by atoms with Crippen LogP contribution in [0.5, 0.6) is 0 Å². The van der Waals surface area contributed by atoms with E-state index in [9.17, 15) is 0 Å². The number of ether oxygens (including phenoxy) is 1. The van der Waals surface area contributed by atoms with Gasteiger partial charge in [0.2, 0.25) is 0 Å². The number of nitrogens with one attached hydrogen (secondary N) is 1. The molecule has 0 spiro atoms. The second kappa shape index (κ2) is 4.55. The maximum absolute atomic E-state index is 5.95. The zero-order valence-electron chi connectivity index (χ0n) is 10.4. The molecule has 1 aliphatic heterocycles. The van der Waals surface area contributed by atoms with Crippen LogP contribution >= 0.6 is 0 Å². The molecule has 2 heterocycles. The minimum atomic E-state index is 0.0472. The molecular weight excluding hydrogens is 202 g/mol. The van der Waals surface area contributed by atoms with E-state index in [1.165, 1.54) is 0 Å². The van der Waals surface area contributed by atoms with Gasteiger partial charge in [-0.3, -0.25) is 4.68 Å². The van der Waals surface area contributed by atoms with E-state index in [4.69, 9.17) is 4.74 Å². The first-order valence-electron chi connectivity index (χ1n) is 5.94. The number of hydrogen-bond donors (Lipinski definition) is 1. The maximum atomic E-state index is 5.95. The van der Waals surface area contributed by atoms with Crippen molar-refractivity contribution in [2.45, 2.75) is 51.5 Å². The predicted molar refractivity (Wildman–Crippen MR) is 63.2 cm³/mol. The Labute approximate surface area is 97.0 Å². The summed E-state index contributed by atoms with van der Waals surface area (Å²) in [7, 11) is 1.93. The van der Waals surface area contributed by atoms with E-state index in [1.807, 2.05) is 17.9 Å². The lowest BCUT2D eigenvalue weighted by Crippen LogP contribution is -2.23. The lowest BCUT2D eigenvalue weighted by molar-refractivity contribution is -0.0230. The van der Waals surface area contributed by atoms with Crippen molar-refractivity contribution in [3.8, 4) is 0 Å². The van der Waals surface area contributed by atoms with Gasteiger partial charge in [-0.15, -0.1) is 0 Å². The van der Waals surface area contributed by atoms with Crippen LogP contribution in [0.1, 0.15) is 32.4 Å². The van der Waals surface area contributed by atoms with Crippen molar-refractivity contribution in [1.82, 2.24) is 15.1 Å². The van der Waals surface area contributed by atoms with Gasteiger partial charge in [-0.25, -0.2) is 0 Å². The normalized spacial score (nSPS) is 23.8. The zero-order chi connectivity index (χ0) is 11.6. The average Bonchev–Trinajstić information content (AvgIpc) is 2.75. The van der Waals surface area contributed by atoms with Gasteiger partial charge in [-0.05, 0) is 39.8 Å². The first-order chi connectivity index (χ1) is 7.59. The number of rotatable bonds is 4. The number of aromatic nitrogens is 2. The van der Waals surface area contributed by atoms with Crippen LogP contribution in [0.15, 0.2) is 12.3 Å². The van der Waals surface area contributed by atoms with Crippen LogP contribution in [-0.4, -0.2) is 28.5 Å². The van der Waals surface area contributed by atoms with Crippen molar-refractivity contribution in [1.29, 1.82) is 0 Å². The van der Waals surface area contributed by atoms with E-state index >= 15 is 0 Å². The van der Waals surface area contributed by atoms with Crippen molar-refractivity contribution < 1.29 is 4.74 Å².